The van der Waals surface area contributed by atoms with Crippen LogP contribution in [0.5, 0.6) is 5.88 Å². The lowest BCUT2D eigenvalue weighted by atomic mass is 10.0. The summed E-state index contributed by atoms with van der Waals surface area (Å²) in [5.74, 6) is 2.12. The monoisotopic (exact) mass is 356 g/mol. The number of aryl methyl sites for hydroxylation is 1. The Labute approximate surface area is 155 Å². The Balaban J connectivity index is 1.70. The maximum atomic E-state index is 5.61. The zero-order valence-corrected chi connectivity index (χ0v) is 15.9. The van der Waals surface area contributed by atoms with E-state index in [4.69, 9.17) is 9.73 Å². The van der Waals surface area contributed by atoms with Gasteiger partial charge in [-0.1, -0.05) is 6.07 Å². The van der Waals surface area contributed by atoms with Crippen LogP contribution in [-0.2, 0) is 13.6 Å². The number of hydrogen-bond acceptors (Lipinski definition) is 4. The van der Waals surface area contributed by atoms with Crippen LogP contribution in [-0.4, -0.2) is 51.9 Å². The summed E-state index contributed by atoms with van der Waals surface area (Å²) in [5.41, 5.74) is 2.31. The topological polar surface area (TPSA) is 67.6 Å². The van der Waals surface area contributed by atoms with Gasteiger partial charge in [0.25, 0.3) is 0 Å². The van der Waals surface area contributed by atoms with E-state index >= 15 is 0 Å². The Morgan fingerprint density at radius 3 is 3.04 bits per heavy atom. The molecule has 2 aromatic rings. The fourth-order valence-corrected chi connectivity index (χ4v) is 3.27. The molecule has 1 unspecified atom stereocenters. The molecular formula is C19H28N6O. The largest absolute Gasteiger partial charge is 0.478 e. The highest BCUT2D eigenvalue weighted by atomic mass is 16.5. The molecule has 0 saturated carbocycles. The van der Waals surface area contributed by atoms with Gasteiger partial charge in [0.2, 0.25) is 5.88 Å². The quantitative estimate of drug-likeness (QED) is 0.635. The van der Waals surface area contributed by atoms with Crippen molar-refractivity contribution in [2.45, 2.75) is 32.7 Å². The summed E-state index contributed by atoms with van der Waals surface area (Å²) < 4.78 is 7.48. The minimum Gasteiger partial charge on any atom is -0.478 e. The highest BCUT2D eigenvalue weighted by Crippen LogP contribution is 2.27. The minimum atomic E-state index is 0.505. The summed E-state index contributed by atoms with van der Waals surface area (Å²) in [7, 11) is 1.96. The van der Waals surface area contributed by atoms with E-state index < -0.39 is 0 Å². The van der Waals surface area contributed by atoms with E-state index in [1.165, 1.54) is 5.56 Å². The van der Waals surface area contributed by atoms with Gasteiger partial charge in [0.15, 0.2) is 5.96 Å². The van der Waals surface area contributed by atoms with E-state index in [9.17, 15) is 0 Å². The third kappa shape index (κ3) is 4.33. The highest BCUT2D eigenvalue weighted by molar-refractivity contribution is 5.80. The maximum absolute atomic E-state index is 5.61. The summed E-state index contributed by atoms with van der Waals surface area (Å²) in [6.07, 6.45) is 6.96. The molecule has 0 aromatic carbocycles. The second kappa shape index (κ2) is 8.69. The van der Waals surface area contributed by atoms with Crippen molar-refractivity contribution < 1.29 is 4.74 Å². The van der Waals surface area contributed by atoms with E-state index in [0.717, 1.165) is 37.6 Å². The standard InChI is InChI=1S/C19H28N6O/c1-4-20-19(22-11-15-7-6-9-21-18(15)26-5-2)25-10-8-16(14-25)17-12-23-24(3)13-17/h6-7,9,12-13,16H,4-5,8,10-11,14H2,1-3H3,(H,20,22). The summed E-state index contributed by atoms with van der Waals surface area (Å²) in [5, 5.41) is 7.72. The van der Waals surface area contributed by atoms with Crippen LogP contribution in [0.2, 0.25) is 0 Å². The first kappa shape index (κ1) is 18.2. The Bertz CT molecular complexity index is 741. The Morgan fingerprint density at radius 2 is 2.31 bits per heavy atom. The van der Waals surface area contributed by atoms with Gasteiger partial charge in [-0.3, -0.25) is 4.68 Å². The maximum Gasteiger partial charge on any atom is 0.218 e. The fourth-order valence-electron chi connectivity index (χ4n) is 3.27. The lowest BCUT2D eigenvalue weighted by molar-refractivity contribution is 0.323. The third-order valence-corrected chi connectivity index (χ3v) is 4.55. The number of rotatable bonds is 6. The zero-order chi connectivity index (χ0) is 18.4. The van der Waals surface area contributed by atoms with Gasteiger partial charge in [0, 0.05) is 50.6 Å². The number of ether oxygens (including phenoxy) is 1. The van der Waals surface area contributed by atoms with Crippen molar-refractivity contribution in [2.75, 3.05) is 26.2 Å². The molecule has 26 heavy (non-hydrogen) atoms. The third-order valence-electron chi connectivity index (χ3n) is 4.55. The minimum absolute atomic E-state index is 0.505. The summed E-state index contributed by atoms with van der Waals surface area (Å²) in [6.45, 7) is 8.03. The van der Waals surface area contributed by atoms with Gasteiger partial charge >= 0.3 is 0 Å². The lowest BCUT2D eigenvalue weighted by Crippen LogP contribution is -2.40. The Kier molecular flexibility index (Phi) is 6.09. The molecule has 2 aromatic heterocycles. The zero-order valence-electron chi connectivity index (χ0n) is 15.9. The highest BCUT2D eigenvalue weighted by Gasteiger charge is 2.26. The summed E-state index contributed by atoms with van der Waals surface area (Å²) in [4.78, 5) is 11.5. The van der Waals surface area contributed by atoms with Gasteiger partial charge in [-0.15, -0.1) is 0 Å². The normalized spacial score (nSPS) is 17.6. The molecule has 3 rings (SSSR count). The van der Waals surface area contributed by atoms with Crippen LogP contribution < -0.4 is 10.1 Å². The molecule has 0 amide bonds. The average Bonchev–Trinajstić information content (AvgIpc) is 3.29. The predicted octanol–water partition coefficient (Wildman–Crippen LogP) is 2.17. The number of nitrogens with one attached hydrogen (secondary N) is 1. The molecule has 0 spiro atoms. The van der Waals surface area contributed by atoms with E-state index in [1.54, 1.807) is 6.20 Å². The lowest BCUT2D eigenvalue weighted by Gasteiger charge is -2.21. The Morgan fingerprint density at radius 1 is 1.42 bits per heavy atom. The van der Waals surface area contributed by atoms with Crippen molar-refractivity contribution in [1.82, 2.24) is 25.0 Å². The second-order valence-corrected chi connectivity index (χ2v) is 6.45. The van der Waals surface area contributed by atoms with Crippen molar-refractivity contribution in [2.24, 2.45) is 12.0 Å². The van der Waals surface area contributed by atoms with E-state index in [2.05, 4.69) is 33.4 Å². The van der Waals surface area contributed by atoms with Gasteiger partial charge in [-0.2, -0.15) is 5.10 Å². The molecule has 1 saturated heterocycles. The molecule has 140 valence electrons. The molecule has 0 bridgehead atoms. The van der Waals surface area contributed by atoms with Crippen molar-refractivity contribution in [3.05, 3.63) is 41.9 Å². The van der Waals surface area contributed by atoms with Gasteiger partial charge in [0.1, 0.15) is 0 Å². The molecule has 7 nitrogen and oxygen atoms in total. The molecule has 1 aliphatic heterocycles. The van der Waals surface area contributed by atoms with E-state index in [0.29, 0.717) is 24.9 Å². The number of nitrogens with zero attached hydrogens (tertiary/aromatic N) is 5. The fraction of sp³-hybridized carbons (Fsp3) is 0.526. The van der Waals surface area contributed by atoms with Crippen LogP contribution in [0.25, 0.3) is 0 Å². The number of pyridine rings is 1. The van der Waals surface area contributed by atoms with E-state index in [-0.39, 0.29) is 0 Å². The van der Waals surface area contributed by atoms with Crippen molar-refractivity contribution in [1.29, 1.82) is 0 Å². The number of hydrogen-bond donors (Lipinski definition) is 1. The first-order chi connectivity index (χ1) is 12.7. The molecule has 0 aliphatic carbocycles. The predicted molar refractivity (Wildman–Crippen MR) is 102 cm³/mol. The van der Waals surface area contributed by atoms with Gasteiger partial charge < -0.3 is 15.0 Å². The molecule has 3 heterocycles. The molecule has 7 heteroatoms. The molecule has 0 radical (unpaired) electrons. The first-order valence-corrected chi connectivity index (χ1v) is 9.29. The Hall–Kier alpha value is -2.57. The molecular weight excluding hydrogens is 328 g/mol. The average molecular weight is 356 g/mol. The van der Waals surface area contributed by atoms with Crippen molar-refractivity contribution in [3.63, 3.8) is 0 Å². The second-order valence-electron chi connectivity index (χ2n) is 6.45. The molecule has 1 N–H and O–H groups in total. The summed E-state index contributed by atoms with van der Waals surface area (Å²) in [6, 6.07) is 3.95. The van der Waals surface area contributed by atoms with Crippen molar-refractivity contribution in [3.8, 4) is 5.88 Å². The number of guanidine groups is 1. The SMILES string of the molecule is CCNC(=NCc1cccnc1OCC)N1CCC(c2cnn(C)c2)C1. The van der Waals surface area contributed by atoms with Gasteiger partial charge in [0.05, 0.1) is 19.3 Å². The van der Waals surface area contributed by atoms with Gasteiger partial charge in [-0.25, -0.2) is 9.98 Å². The molecule has 1 aliphatic rings. The molecule has 1 fully saturated rings. The number of aliphatic imine (C=N–C) groups is 1. The van der Waals surface area contributed by atoms with Crippen LogP contribution in [0.1, 0.15) is 37.3 Å². The van der Waals surface area contributed by atoms with Crippen LogP contribution in [0, 0.1) is 0 Å². The van der Waals surface area contributed by atoms with Crippen LogP contribution in [0.15, 0.2) is 35.7 Å². The number of aromatic nitrogens is 3. The smallest absolute Gasteiger partial charge is 0.218 e. The van der Waals surface area contributed by atoms with Crippen molar-refractivity contribution >= 4 is 5.96 Å². The molecule has 1 atom stereocenters. The van der Waals surface area contributed by atoms with Crippen LogP contribution in [0.3, 0.4) is 0 Å². The van der Waals surface area contributed by atoms with Crippen LogP contribution in [0.4, 0.5) is 0 Å². The first-order valence-electron chi connectivity index (χ1n) is 9.29. The number of likely N-dealkylation sites (tertiary alicyclic amines) is 1. The summed E-state index contributed by atoms with van der Waals surface area (Å²) >= 11 is 0. The van der Waals surface area contributed by atoms with Gasteiger partial charge in [-0.05, 0) is 31.9 Å². The van der Waals surface area contributed by atoms with Crippen LogP contribution >= 0.6 is 0 Å². The van der Waals surface area contributed by atoms with E-state index in [1.807, 2.05) is 37.0 Å².